The predicted molar refractivity (Wildman–Crippen MR) is 118 cm³/mol. The Hall–Kier alpha value is -3.75. The highest BCUT2D eigenvalue weighted by Gasteiger charge is 2.19. The van der Waals surface area contributed by atoms with Crippen LogP contribution in [-0.4, -0.2) is 33.3 Å². The third-order valence-corrected chi connectivity index (χ3v) is 4.94. The molecule has 0 spiro atoms. The van der Waals surface area contributed by atoms with E-state index in [1.807, 2.05) is 31.2 Å². The first-order valence-electron chi connectivity index (χ1n) is 9.33. The number of amides is 1. The highest BCUT2D eigenvalue weighted by Crippen LogP contribution is 2.28. The Balaban J connectivity index is 1.72. The normalized spacial score (nSPS) is 10.8. The van der Waals surface area contributed by atoms with E-state index in [0.29, 0.717) is 17.1 Å². The maximum atomic E-state index is 12.5. The molecule has 8 heteroatoms. The number of hydrogen-bond acceptors (Lipinski definition) is 6. The number of benzene rings is 3. The molecule has 0 saturated heterocycles. The first-order valence-corrected chi connectivity index (χ1v) is 9.33. The lowest BCUT2D eigenvalue weighted by Gasteiger charge is -2.14. The molecule has 0 unspecified atom stereocenters. The van der Waals surface area contributed by atoms with Gasteiger partial charge in [0.2, 0.25) is 0 Å². The Labute approximate surface area is 173 Å². The second kappa shape index (κ2) is 7.94. The number of aryl methyl sites for hydroxylation is 1. The highest BCUT2D eigenvalue weighted by molar-refractivity contribution is 6.61. The number of nitrogens with one attached hydrogen (secondary N) is 1. The first-order chi connectivity index (χ1) is 14.4. The number of carbonyl (C=O) groups is 1. The Morgan fingerprint density at radius 1 is 0.933 bits per heavy atom. The Kier molecular flexibility index (Phi) is 5.18. The summed E-state index contributed by atoms with van der Waals surface area (Å²) in [6, 6.07) is 19.5. The molecule has 1 amide bonds. The second-order valence-corrected chi connectivity index (χ2v) is 6.93. The third kappa shape index (κ3) is 3.74. The molecule has 5 N–H and O–H groups in total. The van der Waals surface area contributed by atoms with Gasteiger partial charge in [-0.25, -0.2) is 0 Å². The van der Waals surface area contributed by atoms with Crippen LogP contribution in [-0.2, 0) is 0 Å². The maximum absolute atomic E-state index is 12.5. The lowest BCUT2D eigenvalue weighted by Crippen LogP contribution is -2.33. The molecule has 0 fully saturated rings. The summed E-state index contributed by atoms with van der Waals surface area (Å²) >= 11 is 0. The van der Waals surface area contributed by atoms with Crippen molar-refractivity contribution in [3.63, 3.8) is 0 Å². The van der Waals surface area contributed by atoms with Gasteiger partial charge in [0.05, 0.1) is 5.69 Å². The van der Waals surface area contributed by atoms with Crippen molar-refractivity contribution in [3.8, 4) is 11.1 Å². The van der Waals surface area contributed by atoms with Crippen molar-refractivity contribution >= 4 is 40.8 Å². The number of hydrogen-bond donors (Lipinski definition) is 4. The van der Waals surface area contributed by atoms with Gasteiger partial charge in [-0.2, -0.15) is 5.10 Å². The van der Waals surface area contributed by atoms with Crippen molar-refractivity contribution in [3.05, 3.63) is 78.0 Å². The molecule has 7 nitrogen and oxygen atoms in total. The van der Waals surface area contributed by atoms with Gasteiger partial charge in [-0.1, -0.05) is 36.4 Å². The minimum absolute atomic E-state index is 0.195. The van der Waals surface area contributed by atoms with E-state index in [4.69, 9.17) is 5.73 Å². The topological polar surface area (TPSA) is 121 Å². The number of nitrogen functional groups attached to an aromatic ring is 1. The van der Waals surface area contributed by atoms with Crippen molar-refractivity contribution in [1.82, 2.24) is 10.2 Å². The van der Waals surface area contributed by atoms with Crippen LogP contribution in [0.15, 0.2) is 66.7 Å². The molecule has 4 aromatic rings. The predicted octanol–water partition coefficient (Wildman–Crippen LogP) is 2.12. The molecule has 0 atom stereocenters. The van der Waals surface area contributed by atoms with E-state index in [2.05, 4.69) is 15.5 Å². The molecule has 30 heavy (non-hydrogen) atoms. The van der Waals surface area contributed by atoms with Crippen LogP contribution in [0.1, 0.15) is 16.1 Å². The van der Waals surface area contributed by atoms with Crippen LogP contribution in [0, 0.1) is 6.92 Å². The number of rotatable bonds is 4. The molecule has 0 aliphatic carbocycles. The van der Waals surface area contributed by atoms with Crippen molar-refractivity contribution < 1.29 is 14.8 Å². The summed E-state index contributed by atoms with van der Waals surface area (Å²) in [5.74, 6) is 0.0215. The summed E-state index contributed by atoms with van der Waals surface area (Å²) in [6.07, 6.45) is 0. The highest BCUT2D eigenvalue weighted by atomic mass is 16.4. The van der Waals surface area contributed by atoms with Crippen LogP contribution in [0.25, 0.3) is 21.9 Å². The minimum Gasteiger partial charge on any atom is -0.423 e. The zero-order valence-corrected chi connectivity index (χ0v) is 16.2. The zero-order valence-electron chi connectivity index (χ0n) is 16.2. The van der Waals surface area contributed by atoms with Crippen LogP contribution < -0.4 is 16.5 Å². The van der Waals surface area contributed by atoms with Gasteiger partial charge in [-0.05, 0) is 48.4 Å². The van der Waals surface area contributed by atoms with E-state index in [-0.39, 0.29) is 11.4 Å². The molecular formula is C22H19BN4O3. The zero-order chi connectivity index (χ0) is 21.3. The Morgan fingerprint density at radius 3 is 2.37 bits per heavy atom. The van der Waals surface area contributed by atoms with Crippen LogP contribution in [0.5, 0.6) is 0 Å². The quantitative estimate of drug-likeness (QED) is 0.391. The Bertz CT molecular complexity index is 1250. The number of anilines is 2. The summed E-state index contributed by atoms with van der Waals surface area (Å²) in [5, 5.41) is 32.2. The number of fused-ring (bicyclic) bond motifs is 1. The number of nitrogens with zero attached hydrogens (tertiary/aromatic N) is 2. The summed E-state index contributed by atoms with van der Waals surface area (Å²) in [7, 11) is -1.75. The summed E-state index contributed by atoms with van der Waals surface area (Å²) in [5.41, 5.74) is 9.26. The SMILES string of the molecule is Cc1nnc(N)c2ccc(-c3ccc(NC(=O)c4ccccc4)c(B(O)O)c3)cc12. The van der Waals surface area contributed by atoms with E-state index in [1.165, 1.54) is 0 Å². The van der Waals surface area contributed by atoms with Crippen molar-refractivity contribution in [1.29, 1.82) is 0 Å². The standard InChI is InChI=1S/C22H19BN4O3/c1-13-18-11-15(7-9-17(18)21(24)27-26-13)16-8-10-20(19(12-16)23(29)30)25-22(28)14-5-3-2-4-6-14/h2-12,29-30H,1H3,(H2,24,27)(H,25,28). The lowest BCUT2D eigenvalue weighted by molar-refractivity contribution is 0.102. The van der Waals surface area contributed by atoms with Crippen LogP contribution in [0.2, 0.25) is 0 Å². The molecule has 148 valence electrons. The Morgan fingerprint density at radius 2 is 1.63 bits per heavy atom. The van der Waals surface area contributed by atoms with Crippen LogP contribution in [0.4, 0.5) is 11.5 Å². The summed E-state index contributed by atoms with van der Waals surface area (Å²) < 4.78 is 0. The van der Waals surface area contributed by atoms with Gasteiger partial charge in [0.1, 0.15) is 0 Å². The molecular weight excluding hydrogens is 379 g/mol. The molecule has 0 aliphatic rings. The van der Waals surface area contributed by atoms with Gasteiger partial charge >= 0.3 is 7.12 Å². The fourth-order valence-electron chi connectivity index (χ4n) is 3.34. The van der Waals surface area contributed by atoms with Gasteiger partial charge in [0, 0.05) is 27.5 Å². The minimum atomic E-state index is -1.75. The molecule has 0 radical (unpaired) electrons. The van der Waals surface area contributed by atoms with Gasteiger partial charge in [-0.15, -0.1) is 5.10 Å². The molecule has 0 bridgehead atoms. The van der Waals surface area contributed by atoms with Gasteiger partial charge < -0.3 is 21.1 Å². The van der Waals surface area contributed by atoms with E-state index in [0.717, 1.165) is 27.6 Å². The van der Waals surface area contributed by atoms with E-state index in [1.54, 1.807) is 42.5 Å². The van der Waals surface area contributed by atoms with Crippen molar-refractivity contribution in [2.24, 2.45) is 0 Å². The number of aromatic nitrogens is 2. The van der Waals surface area contributed by atoms with Gasteiger partial charge in [0.15, 0.2) is 5.82 Å². The average molecular weight is 398 g/mol. The van der Waals surface area contributed by atoms with Crippen LogP contribution in [0.3, 0.4) is 0 Å². The van der Waals surface area contributed by atoms with E-state index < -0.39 is 7.12 Å². The van der Waals surface area contributed by atoms with Gasteiger partial charge in [-0.3, -0.25) is 4.79 Å². The first kappa shape index (κ1) is 19.6. The van der Waals surface area contributed by atoms with Crippen molar-refractivity contribution in [2.75, 3.05) is 11.1 Å². The lowest BCUT2D eigenvalue weighted by atomic mass is 9.77. The molecule has 1 heterocycles. The number of carbonyl (C=O) groups excluding carboxylic acids is 1. The molecule has 4 rings (SSSR count). The molecule has 3 aromatic carbocycles. The largest absolute Gasteiger partial charge is 0.490 e. The average Bonchev–Trinajstić information content (AvgIpc) is 2.77. The number of nitrogens with two attached hydrogens (primary N) is 1. The fraction of sp³-hybridized carbons (Fsp3) is 0.0455. The van der Waals surface area contributed by atoms with Crippen LogP contribution >= 0.6 is 0 Å². The smallest absolute Gasteiger partial charge is 0.423 e. The van der Waals surface area contributed by atoms with Crippen molar-refractivity contribution in [2.45, 2.75) is 6.92 Å². The summed E-state index contributed by atoms with van der Waals surface area (Å²) in [6.45, 7) is 1.85. The third-order valence-electron chi connectivity index (χ3n) is 4.94. The van der Waals surface area contributed by atoms with Gasteiger partial charge in [0.25, 0.3) is 5.91 Å². The molecule has 1 aromatic heterocycles. The van der Waals surface area contributed by atoms with E-state index in [9.17, 15) is 14.8 Å². The fourth-order valence-corrected chi connectivity index (χ4v) is 3.34. The van der Waals surface area contributed by atoms with E-state index >= 15 is 0 Å². The maximum Gasteiger partial charge on any atom is 0.490 e. The monoisotopic (exact) mass is 398 g/mol. The molecule has 0 aliphatic heterocycles. The molecule has 0 saturated carbocycles. The second-order valence-electron chi connectivity index (χ2n) is 6.93. The summed E-state index contributed by atoms with van der Waals surface area (Å²) in [4.78, 5) is 12.5.